The molecule has 0 radical (unpaired) electrons. The number of ether oxygens (including phenoxy) is 2. The summed E-state index contributed by atoms with van der Waals surface area (Å²) in [7, 11) is 1.72. The molecule has 2 bridgehead atoms. The molecule has 47 heavy (non-hydrogen) atoms. The fourth-order valence-corrected chi connectivity index (χ4v) is 7.39. The Bertz CT molecular complexity index is 1400. The Morgan fingerprint density at radius 1 is 1.09 bits per heavy atom. The minimum absolute atomic E-state index is 0.0360. The maximum absolute atomic E-state index is 13.2. The van der Waals surface area contributed by atoms with E-state index in [0.717, 1.165) is 80.1 Å². The van der Waals surface area contributed by atoms with Gasteiger partial charge in [0.05, 0.1) is 24.7 Å². The van der Waals surface area contributed by atoms with E-state index in [2.05, 4.69) is 35.6 Å². The zero-order valence-corrected chi connectivity index (χ0v) is 28.7. The van der Waals surface area contributed by atoms with E-state index in [0.29, 0.717) is 44.0 Å². The second-order valence-electron chi connectivity index (χ2n) is 13.7. The molecule has 0 aromatic heterocycles. The van der Waals surface area contributed by atoms with Gasteiger partial charge < -0.3 is 31.2 Å². The van der Waals surface area contributed by atoms with Gasteiger partial charge in [-0.1, -0.05) is 32.1 Å². The first-order valence-electron chi connectivity index (χ1n) is 17.7. The Morgan fingerprint density at radius 2 is 1.85 bits per heavy atom. The number of hydrogen-bond acceptors (Lipinski definition) is 6. The van der Waals surface area contributed by atoms with Gasteiger partial charge in [-0.3, -0.25) is 4.79 Å². The number of phenols is 1. The fourth-order valence-electron chi connectivity index (χ4n) is 7.39. The molecule has 8 heteroatoms. The van der Waals surface area contributed by atoms with E-state index < -0.39 is 0 Å². The Labute approximate surface area is 281 Å². The molecule has 6 N–H and O–H groups in total. The molecule has 0 unspecified atom stereocenters. The zero-order valence-electron chi connectivity index (χ0n) is 28.7. The first kappa shape index (κ1) is 36.4. The molecule has 0 amide bonds. The number of aryl methyl sites for hydroxylation is 1. The maximum atomic E-state index is 13.2. The van der Waals surface area contributed by atoms with Gasteiger partial charge in [-0.25, -0.2) is 4.99 Å². The first-order valence-corrected chi connectivity index (χ1v) is 17.7. The van der Waals surface area contributed by atoms with Gasteiger partial charge in [0.25, 0.3) is 0 Å². The lowest BCUT2D eigenvalue weighted by Crippen LogP contribution is -2.30. The summed E-state index contributed by atoms with van der Waals surface area (Å²) in [5, 5.41) is 21.9. The number of hydrogen-bond donors (Lipinski definition) is 4. The van der Waals surface area contributed by atoms with Crippen molar-refractivity contribution < 1.29 is 24.5 Å². The molecule has 0 spiro atoms. The van der Waals surface area contributed by atoms with Crippen molar-refractivity contribution in [1.29, 1.82) is 0 Å². The van der Waals surface area contributed by atoms with Crippen LogP contribution in [0, 0.1) is 41.4 Å². The third kappa shape index (κ3) is 10.3. The van der Waals surface area contributed by atoms with E-state index in [1.54, 1.807) is 13.2 Å². The third-order valence-electron chi connectivity index (χ3n) is 9.94. The van der Waals surface area contributed by atoms with Crippen LogP contribution in [-0.2, 0) is 16.0 Å². The van der Waals surface area contributed by atoms with E-state index in [9.17, 15) is 15.0 Å². The number of fused-ring (bicyclic) bond motifs is 8. The van der Waals surface area contributed by atoms with Crippen molar-refractivity contribution in [3.05, 3.63) is 34.4 Å². The quantitative estimate of drug-likeness (QED) is 0.0961. The van der Waals surface area contributed by atoms with Gasteiger partial charge in [-0.2, -0.15) is 0 Å². The number of benzene rings is 1. The average Bonchev–Trinajstić information content (AvgIpc) is 3.56. The summed E-state index contributed by atoms with van der Waals surface area (Å²) in [5.74, 6) is 14.6. The number of aliphatic hydroxyl groups is 1. The van der Waals surface area contributed by atoms with Crippen LogP contribution in [0.1, 0.15) is 120 Å². The fraction of sp³-hybridized carbons (Fsp3) is 0.641. The number of carbonyl (C=O) groups is 1. The van der Waals surface area contributed by atoms with Crippen LogP contribution in [0.15, 0.2) is 22.7 Å². The Balaban J connectivity index is 1.93. The molecule has 0 saturated heterocycles. The standard InChI is InChI=1S/C39H55N3O5/c1-4-9-27(24-43)22-31(44)18-15-29-23-36(47-32-12-7-8-13-32)38(45)37-33(29)20-16-28-11-6-5-10-26(2)14-19-34(37)30(25-46-3)17-21-35(28)42-39(40)41/h22-23,26,28,30,32,34-35,43,45H,4,7-15,17-19,21,24-25H2,1-3H3,(H4,40,41,42)/t26-,28+,30+,34+,35-/m0/s1. The predicted octanol–water partition coefficient (Wildman–Crippen LogP) is 5.90. The predicted molar refractivity (Wildman–Crippen MR) is 187 cm³/mol. The molecule has 1 saturated carbocycles. The number of allylic oxidation sites excluding steroid dienone is 1. The van der Waals surface area contributed by atoms with Gasteiger partial charge in [-0.15, -0.1) is 11.8 Å². The second-order valence-corrected chi connectivity index (χ2v) is 13.7. The zero-order chi connectivity index (χ0) is 33.8. The lowest BCUT2D eigenvalue weighted by molar-refractivity contribution is -0.114. The van der Waals surface area contributed by atoms with E-state index in [4.69, 9.17) is 20.9 Å². The SMILES string of the molecule is CCCC(=CC(=O)CCc1cc(OC2CCCC2)c(O)c2c1C#C[C@H]1CC#CC[C@H](C)CC[C@@H]2[C@@H](COC)CC[C@@H]1N=C(N)N)CO. The molecule has 1 aromatic rings. The normalized spacial score (nSPS) is 24.9. The molecule has 4 aliphatic carbocycles. The van der Waals surface area contributed by atoms with Gasteiger partial charge in [0.2, 0.25) is 0 Å². The number of phenolic OH excluding ortho intramolecular Hbond substituents is 1. The van der Waals surface area contributed by atoms with E-state index in [1.165, 1.54) is 0 Å². The monoisotopic (exact) mass is 645 g/mol. The van der Waals surface area contributed by atoms with Crippen molar-refractivity contribution in [2.45, 2.75) is 122 Å². The van der Waals surface area contributed by atoms with Crippen LogP contribution in [0.25, 0.3) is 0 Å². The highest BCUT2D eigenvalue weighted by Gasteiger charge is 2.34. The van der Waals surface area contributed by atoms with Crippen LogP contribution in [-0.4, -0.2) is 54.4 Å². The summed E-state index contributed by atoms with van der Waals surface area (Å²) in [6.07, 6.45) is 12.6. The Hall–Kier alpha value is -3.46. The summed E-state index contributed by atoms with van der Waals surface area (Å²) in [6, 6.07) is 1.68. The Kier molecular flexibility index (Phi) is 14.1. The first-order chi connectivity index (χ1) is 22.7. The van der Waals surface area contributed by atoms with Crippen molar-refractivity contribution in [3.63, 3.8) is 0 Å². The summed E-state index contributed by atoms with van der Waals surface area (Å²) in [6.45, 7) is 4.65. The molecule has 8 nitrogen and oxygen atoms in total. The van der Waals surface area contributed by atoms with Gasteiger partial charge in [0.1, 0.15) is 0 Å². The minimum Gasteiger partial charge on any atom is -0.504 e. The van der Waals surface area contributed by atoms with Crippen molar-refractivity contribution in [2.24, 2.45) is 34.2 Å². The van der Waals surface area contributed by atoms with Crippen molar-refractivity contribution in [2.75, 3.05) is 20.3 Å². The van der Waals surface area contributed by atoms with Crippen LogP contribution >= 0.6 is 0 Å². The van der Waals surface area contributed by atoms with Crippen LogP contribution in [0.4, 0.5) is 0 Å². The highest BCUT2D eigenvalue weighted by Crippen LogP contribution is 2.47. The van der Waals surface area contributed by atoms with Gasteiger partial charge in [0, 0.05) is 44.1 Å². The van der Waals surface area contributed by atoms with Gasteiger partial charge in [-0.05, 0) is 105 Å². The summed E-state index contributed by atoms with van der Waals surface area (Å²) < 4.78 is 12.4. The number of nitrogens with zero attached hydrogens (tertiary/aromatic N) is 1. The molecular formula is C39H55N3O5. The number of methoxy groups -OCH3 is 1. The molecule has 5 rings (SSSR count). The number of aromatic hydroxyl groups is 1. The van der Waals surface area contributed by atoms with E-state index in [1.807, 2.05) is 13.0 Å². The van der Waals surface area contributed by atoms with Crippen LogP contribution in [0.5, 0.6) is 11.5 Å². The summed E-state index contributed by atoms with van der Waals surface area (Å²) in [4.78, 5) is 17.8. The molecule has 4 aliphatic rings. The molecule has 256 valence electrons. The highest BCUT2D eigenvalue weighted by atomic mass is 16.5. The number of aliphatic hydroxyl groups excluding tert-OH is 1. The largest absolute Gasteiger partial charge is 0.504 e. The number of guanidine groups is 1. The van der Waals surface area contributed by atoms with Crippen molar-refractivity contribution in [1.82, 2.24) is 0 Å². The number of ketones is 1. The van der Waals surface area contributed by atoms with Crippen molar-refractivity contribution in [3.8, 4) is 35.2 Å². The van der Waals surface area contributed by atoms with Crippen LogP contribution in [0.2, 0.25) is 0 Å². The third-order valence-corrected chi connectivity index (χ3v) is 9.94. The summed E-state index contributed by atoms with van der Waals surface area (Å²) in [5.41, 5.74) is 15.1. The topological polar surface area (TPSA) is 140 Å². The second kappa shape index (κ2) is 18.2. The maximum Gasteiger partial charge on any atom is 0.186 e. The molecular weight excluding hydrogens is 590 g/mol. The lowest BCUT2D eigenvalue weighted by atomic mass is 9.74. The van der Waals surface area contributed by atoms with E-state index in [-0.39, 0.29) is 60.4 Å². The number of carbonyl (C=O) groups excluding carboxylic acids is 1. The van der Waals surface area contributed by atoms with Crippen LogP contribution < -0.4 is 16.2 Å². The van der Waals surface area contributed by atoms with Gasteiger partial charge >= 0.3 is 0 Å². The molecule has 1 fully saturated rings. The number of rotatable bonds is 12. The van der Waals surface area contributed by atoms with Crippen molar-refractivity contribution >= 4 is 11.7 Å². The number of nitrogens with two attached hydrogens (primary N) is 2. The number of aliphatic imine (C=N–C) groups is 1. The highest BCUT2D eigenvalue weighted by molar-refractivity contribution is 5.90. The smallest absolute Gasteiger partial charge is 0.186 e. The Morgan fingerprint density at radius 3 is 2.55 bits per heavy atom. The van der Waals surface area contributed by atoms with Gasteiger partial charge in [0.15, 0.2) is 23.2 Å². The van der Waals surface area contributed by atoms with Crippen LogP contribution in [0.3, 0.4) is 0 Å². The summed E-state index contributed by atoms with van der Waals surface area (Å²) >= 11 is 0. The molecule has 5 atom stereocenters. The molecule has 0 heterocycles. The minimum atomic E-state index is -0.231. The van der Waals surface area contributed by atoms with E-state index >= 15 is 0 Å². The lowest BCUT2D eigenvalue weighted by Gasteiger charge is -2.33. The molecule has 0 aliphatic heterocycles. The average molecular weight is 646 g/mol. The molecule has 1 aromatic carbocycles.